The molecule has 0 atom stereocenters. The fourth-order valence-corrected chi connectivity index (χ4v) is 5.15. The van der Waals surface area contributed by atoms with Crippen LogP contribution in [0.5, 0.6) is 5.75 Å². The lowest BCUT2D eigenvalue weighted by Crippen LogP contribution is -2.30. The van der Waals surface area contributed by atoms with Gasteiger partial charge in [0, 0.05) is 32.0 Å². The van der Waals surface area contributed by atoms with Gasteiger partial charge in [0.15, 0.2) is 0 Å². The molecule has 1 aliphatic rings. The number of hydrogen-bond donors (Lipinski definition) is 1. The van der Waals surface area contributed by atoms with Gasteiger partial charge in [-0.2, -0.15) is 4.31 Å². The number of nitrogens with zero attached hydrogens (tertiary/aromatic N) is 2. The zero-order valence-corrected chi connectivity index (χ0v) is 18.0. The molecule has 0 unspecified atom stereocenters. The molecule has 1 fully saturated rings. The molecule has 1 heterocycles. The summed E-state index contributed by atoms with van der Waals surface area (Å²) in [4.78, 5) is 12.8. The number of anilines is 1. The summed E-state index contributed by atoms with van der Waals surface area (Å²) in [5.74, 6) is 0.430. The van der Waals surface area contributed by atoms with Crippen LogP contribution in [0.1, 0.15) is 50.0 Å². The van der Waals surface area contributed by atoms with Gasteiger partial charge >= 0.3 is 0 Å². The van der Waals surface area contributed by atoms with E-state index in [-0.39, 0.29) is 22.6 Å². The maximum absolute atomic E-state index is 12.7. The van der Waals surface area contributed by atoms with Gasteiger partial charge in [-0.3, -0.25) is 4.79 Å². The van der Waals surface area contributed by atoms with E-state index in [0.29, 0.717) is 18.8 Å². The van der Waals surface area contributed by atoms with Crippen LogP contribution in [-0.4, -0.2) is 42.4 Å². The zero-order valence-electron chi connectivity index (χ0n) is 17.2. The molecule has 29 heavy (non-hydrogen) atoms. The molecule has 1 amide bonds. The topological polar surface area (TPSA) is 80.6 Å². The Morgan fingerprint density at radius 1 is 1.17 bits per heavy atom. The molecule has 3 rings (SSSR count). The molecule has 0 radical (unpaired) electrons. The Bertz CT molecular complexity index is 941. The van der Waals surface area contributed by atoms with Crippen LogP contribution in [0.25, 0.3) is 0 Å². The summed E-state index contributed by atoms with van der Waals surface area (Å²) in [6, 6.07) is 8.68. The fraction of sp³-hybridized carbons (Fsp3) is 0.476. The first-order valence-corrected chi connectivity index (χ1v) is 11.5. The Kier molecular flexibility index (Phi) is 6.64. The van der Waals surface area contributed by atoms with E-state index in [2.05, 4.69) is 5.32 Å². The highest BCUT2D eigenvalue weighted by Crippen LogP contribution is 2.25. The standard InChI is InChI=1S/C21H29N3O4S/c1-4-24(5-2)29(26,27)19-14-20(23(3)15-19)21(25)22-16-10-12-18(13-11-16)28-17-8-6-7-9-17/h10-15,17H,4-9H2,1-3H3,(H,22,25). The highest BCUT2D eigenvalue weighted by atomic mass is 32.2. The van der Waals surface area contributed by atoms with Gasteiger partial charge in [0.1, 0.15) is 16.3 Å². The van der Waals surface area contributed by atoms with E-state index in [9.17, 15) is 13.2 Å². The third-order valence-electron chi connectivity index (χ3n) is 5.27. The Balaban J connectivity index is 1.70. The average molecular weight is 420 g/mol. The highest BCUT2D eigenvalue weighted by molar-refractivity contribution is 7.89. The summed E-state index contributed by atoms with van der Waals surface area (Å²) in [5, 5.41) is 2.82. The summed E-state index contributed by atoms with van der Waals surface area (Å²) in [6.07, 6.45) is 6.35. The largest absolute Gasteiger partial charge is 0.490 e. The second kappa shape index (κ2) is 9.00. The van der Waals surface area contributed by atoms with E-state index >= 15 is 0 Å². The van der Waals surface area contributed by atoms with Crippen molar-refractivity contribution in [2.75, 3.05) is 18.4 Å². The number of amides is 1. The van der Waals surface area contributed by atoms with Crippen molar-refractivity contribution in [1.29, 1.82) is 0 Å². The molecule has 7 nitrogen and oxygen atoms in total. The van der Waals surface area contributed by atoms with Gasteiger partial charge in [0.25, 0.3) is 5.91 Å². The number of aryl methyl sites for hydroxylation is 1. The van der Waals surface area contributed by atoms with Crippen molar-refractivity contribution in [2.24, 2.45) is 7.05 Å². The van der Waals surface area contributed by atoms with Gasteiger partial charge in [-0.05, 0) is 56.0 Å². The monoisotopic (exact) mass is 419 g/mol. The summed E-state index contributed by atoms with van der Waals surface area (Å²) in [6.45, 7) is 4.34. The third kappa shape index (κ3) is 4.82. The Morgan fingerprint density at radius 3 is 2.38 bits per heavy atom. The van der Waals surface area contributed by atoms with Crippen molar-refractivity contribution in [3.05, 3.63) is 42.2 Å². The number of rotatable bonds is 8. The number of carbonyl (C=O) groups excluding carboxylic acids is 1. The van der Waals surface area contributed by atoms with Crippen LogP contribution in [0.15, 0.2) is 41.4 Å². The first-order chi connectivity index (χ1) is 13.8. The average Bonchev–Trinajstić information content (AvgIpc) is 3.34. The quantitative estimate of drug-likeness (QED) is 0.708. The van der Waals surface area contributed by atoms with Crippen molar-refractivity contribution < 1.29 is 17.9 Å². The number of aromatic nitrogens is 1. The van der Waals surface area contributed by atoms with Crippen LogP contribution >= 0.6 is 0 Å². The van der Waals surface area contributed by atoms with Gasteiger partial charge in [-0.25, -0.2) is 8.42 Å². The minimum atomic E-state index is -3.61. The lowest BCUT2D eigenvalue weighted by Gasteiger charge is -2.17. The molecule has 1 N–H and O–H groups in total. The summed E-state index contributed by atoms with van der Waals surface area (Å²) < 4.78 is 34.2. The summed E-state index contributed by atoms with van der Waals surface area (Å²) in [5.41, 5.74) is 0.908. The third-order valence-corrected chi connectivity index (χ3v) is 7.29. The van der Waals surface area contributed by atoms with Gasteiger partial charge < -0.3 is 14.6 Å². The van der Waals surface area contributed by atoms with Crippen LogP contribution in [0.4, 0.5) is 5.69 Å². The Hall–Kier alpha value is -2.32. The van der Waals surface area contributed by atoms with Crippen molar-refractivity contribution in [2.45, 2.75) is 50.5 Å². The molecule has 1 saturated carbocycles. The minimum absolute atomic E-state index is 0.120. The Morgan fingerprint density at radius 2 is 1.79 bits per heavy atom. The predicted molar refractivity (Wildman–Crippen MR) is 113 cm³/mol. The number of sulfonamides is 1. The zero-order chi connectivity index (χ0) is 21.0. The molecule has 0 bridgehead atoms. The molecule has 0 saturated heterocycles. The number of hydrogen-bond acceptors (Lipinski definition) is 4. The first-order valence-electron chi connectivity index (χ1n) is 10.1. The van der Waals surface area contributed by atoms with Crippen LogP contribution in [0.2, 0.25) is 0 Å². The normalized spacial score (nSPS) is 15.0. The SMILES string of the molecule is CCN(CC)S(=O)(=O)c1cc(C(=O)Nc2ccc(OC3CCCC3)cc2)n(C)c1. The first kappa shape index (κ1) is 21.4. The maximum atomic E-state index is 12.7. The number of carbonyl (C=O) groups is 1. The molecule has 1 aliphatic carbocycles. The summed E-state index contributed by atoms with van der Waals surface area (Å²) in [7, 11) is -1.95. The second-order valence-corrected chi connectivity index (χ2v) is 9.20. The molecule has 1 aromatic heterocycles. The molecule has 0 spiro atoms. The van der Waals surface area contributed by atoms with E-state index in [4.69, 9.17) is 4.74 Å². The van der Waals surface area contributed by atoms with E-state index in [0.717, 1.165) is 18.6 Å². The molecular weight excluding hydrogens is 390 g/mol. The second-order valence-electron chi connectivity index (χ2n) is 7.26. The highest BCUT2D eigenvalue weighted by Gasteiger charge is 2.25. The van der Waals surface area contributed by atoms with Crippen molar-refractivity contribution >= 4 is 21.6 Å². The van der Waals surface area contributed by atoms with Crippen LogP contribution in [0, 0.1) is 0 Å². The predicted octanol–water partition coefficient (Wildman–Crippen LogP) is 3.63. The smallest absolute Gasteiger partial charge is 0.272 e. The Labute approximate surface area is 172 Å². The van der Waals surface area contributed by atoms with Crippen molar-refractivity contribution in [3.63, 3.8) is 0 Å². The molecular formula is C21H29N3O4S. The molecule has 2 aromatic rings. The lowest BCUT2D eigenvalue weighted by molar-refractivity contribution is 0.101. The van der Waals surface area contributed by atoms with Crippen LogP contribution < -0.4 is 10.1 Å². The number of ether oxygens (including phenoxy) is 1. The summed E-state index contributed by atoms with van der Waals surface area (Å²) >= 11 is 0. The lowest BCUT2D eigenvalue weighted by atomic mass is 10.2. The van der Waals surface area contributed by atoms with Crippen LogP contribution in [-0.2, 0) is 17.1 Å². The molecule has 1 aromatic carbocycles. The van der Waals surface area contributed by atoms with E-state index in [1.165, 1.54) is 34.0 Å². The minimum Gasteiger partial charge on any atom is -0.490 e. The number of benzene rings is 1. The van der Waals surface area contributed by atoms with E-state index < -0.39 is 10.0 Å². The van der Waals surface area contributed by atoms with E-state index in [1.807, 2.05) is 12.1 Å². The number of nitrogens with one attached hydrogen (secondary N) is 1. The van der Waals surface area contributed by atoms with E-state index in [1.54, 1.807) is 33.0 Å². The van der Waals surface area contributed by atoms with Crippen molar-refractivity contribution in [1.82, 2.24) is 8.87 Å². The molecule has 8 heteroatoms. The van der Waals surface area contributed by atoms with Gasteiger partial charge in [0.2, 0.25) is 10.0 Å². The van der Waals surface area contributed by atoms with Gasteiger partial charge in [-0.1, -0.05) is 13.8 Å². The van der Waals surface area contributed by atoms with Crippen molar-refractivity contribution in [3.8, 4) is 5.75 Å². The van der Waals surface area contributed by atoms with Gasteiger partial charge in [-0.15, -0.1) is 0 Å². The fourth-order valence-electron chi connectivity index (χ4n) is 3.62. The van der Waals surface area contributed by atoms with Crippen LogP contribution in [0.3, 0.4) is 0 Å². The van der Waals surface area contributed by atoms with Gasteiger partial charge in [0.05, 0.1) is 6.10 Å². The molecule has 158 valence electrons. The molecule has 0 aliphatic heterocycles. The maximum Gasteiger partial charge on any atom is 0.272 e.